The number of esters is 2. The molecular weight excluding hydrogens is 676 g/mol. The maximum absolute atomic E-state index is 12.7. The maximum Gasteiger partial charge on any atom is 0.306 e. The summed E-state index contributed by atoms with van der Waals surface area (Å²) in [5.41, 5.74) is 0. The van der Waals surface area contributed by atoms with E-state index in [1.54, 1.807) is 0 Å². The van der Waals surface area contributed by atoms with E-state index in [9.17, 15) is 30.0 Å². The number of aliphatic hydroxyl groups excluding tert-OH is 4. The first-order valence-corrected chi connectivity index (χ1v) is 21.4. The van der Waals surface area contributed by atoms with E-state index in [0.717, 1.165) is 44.9 Å². The second kappa shape index (κ2) is 34.7. The van der Waals surface area contributed by atoms with Crippen molar-refractivity contribution in [3.05, 3.63) is 24.3 Å². The van der Waals surface area contributed by atoms with Crippen molar-refractivity contribution in [2.45, 2.75) is 218 Å². The summed E-state index contributed by atoms with van der Waals surface area (Å²) in [4.78, 5) is 25.2. The van der Waals surface area contributed by atoms with Crippen LogP contribution in [0.5, 0.6) is 0 Å². The molecule has 0 spiro atoms. The number of carbonyl (C=O) groups is 2. The topological polar surface area (TPSA) is 152 Å². The minimum absolute atomic E-state index is 0.147. The van der Waals surface area contributed by atoms with Crippen LogP contribution in [0, 0.1) is 0 Å². The van der Waals surface area contributed by atoms with Gasteiger partial charge >= 0.3 is 11.9 Å². The van der Waals surface area contributed by atoms with Crippen molar-refractivity contribution in [2.24, 2.45) is 0 Å². The van der Waals surface area contributed by atoms with Crippen molar-refractivity contribution in [1.82, 2.24) is 0 Å². The Balaban J connectivity index is 2.38. The third-order valence-electron chi connectivity index (χ3n) is 9.82. The Kier molecular flexibility index (Phi) is 32.2. The molecule has 2 unspecified atom stereocenters. The second-order valence-electron chi connectivity index (χ2n) is 14.8. The molecule has 0 aliphatic carbocycles. The molecule has 0 aromatic carbocycles. The summed E-state index contributed by atoms with van der Waals surface area (Å²) >= 11 is 0. The summed E-state index contributed by atoms with van der Waals surface area (Å²) in [7, 11) is 0. The molecule has 1 rings (SSSR count). The minimum Gasteiger partial charge on any atom is -0.462 e. The van der Waals surface area contributed by atoms with Gasteiger partial charge in [0.15, 0.2) is 12.4 Å². The van der Waals surface area contributed by atoms with Gasteiger partial charge in [0, 0.05) is 12.8 Å². The Morgan fingerprint density at radius 1 is 0.566 bits per heavy atom. The summed E-state index contributed by atoms with van der Waals surface area (Å²) in [5, 5.41) is 40.0. The minimum atomic E-state index is -1.60. The summed E-state index contributed by atoms with van der Waals surface area (Å²) in [6, 6.07) is 0. The van der Waals surface area contributed by atoms with E-state index in [1.165, 1.54) is 96.3 Å². The summed E-state index contributed by atoms with van der Waals surface area (Å²) in [6.07, 6.45) is 29.1. The van der Waals surface area contributed by atoms with E-state index in [0.29, 0.717) is 12.8 Å². The number of aliphatic hydroxyl groups is 4. The Bertz CT molecular complexity index is 923. The zero-order valence-corrected chi connectivity index (χ0v) is 33.5. The lowest BCUT2D eigenvalue weighted by molar-refractivity contribution is -0.305. The molecule has 310 valence electrons. The molecule has 1 aliphatic heterocycles. The van der Waals surface area contributed by atoms with Gasteiger partial charge in [0.25, 0.3) is 0 Å². The van der Waals surface area contributed by atoms with Crippen LogP contribution in [0.25, 0.3) is 0 Å². The van der Waals surface area contributed by atoms with Crippen LogP contribution in [-0.2, 0) is 28.5 Å². The van der Waals surface area contributed by atoms with Crippen molar-refractivity contribution in [2.75, 3.05) is 19.8 Å². The number of hydrogen-bond donors (Lipinski definition) is 4. The first-order chi connectivity index (χ1) is 25.8. The van der Waals surface area contributed by atoms with Gasteiger partial charge in [-0.3, -0.25) is 9.59 Å². The summed E-state index contributed by atoms with van der Waals surface area (Å²) in [5.74, 6) is -0.871. The molecule has 4 N–H and O–H groups in total. The highest BCUT2D eigenvalue weighted by atomic mass is 16.7. The largest absolute Gasteiger partial charge is 0.462 e. The molecule has 1 aliphatic rings. The van der Waals surface area contributed by atoms with Gasteiger partial charge in [-0.1, -0.05) is 141 Å². The molecule has 53 heavy (non-hydrogen) atoms. The molecule has 0 bridgehead atoms. The molecule has 10 heteroatoms. The number of allylic oxidation sites excluding steroid dienone is 4. The SMILES string of the molecule is CCCCCC/C=C/CCCCCCCC(=O)OC[C@H](CO[C@@H]1O[C@H](CO)[C@H](O)C(O)C1O)OC(=O)CC/C=C/CCCCCCCCCCCCC. The van der Waals surface area contributed by atoms with Gasteiger partial charge < -0.3 is 39.4 Å². The molecule has 10 nitrogen and oxygen atoms in total. The summed E-state index contributed by atoms with van der Waals surface area (Å²) in [6.45, 7) is 3.36. The van der Waals surface area contributed by atoms with E-state index >= 15 is 0 Å². The Morgan fingerprint density at radius 3 is 1.57 bits per heavy atom. The monoisotopic (exact) mass is 755 g/mol. The van der Waals surface area contributed by atoms with Crippen LogP contribution in [-0.4, -0.2) is 89.0 Å². The van der Waals surface area contributed by atoms with Gasteiger partial charge in [-0.15, -0.1) is 0 Å². The quantitative estimate of drug-likeness (QED) is 0.0281. The molecule has 6 atom stereocenters. The van der Waals surface area contributed by atoms with Crippen molar-refractivity contribution in [3.63, 3.8) is 0 Å². The van der Waals surface area contributed by atoms with E-state index in [2.05, 4.69) is 32.1 Å². The summed E-state index contributed by atoms with van der Waals surface area (Å²) < 4.78 is 22.1. The molecule has 0 aromatic heterocycles. The first-order valence-electron chi connectivity index (χ1n) is 21.4. The van der Waals surface area contributed by atoms with Crippen LogP contribution in [0.1, 0.15) is 181 Å². The number of carbonyl (C=O) groups excluding carboxylic acids is 2. The zero-order valence-electron chi connectivity index (χ0n) is 33.5. The average molecular weight is 755 g/mol. The Morgan fingerprint density at radius 2 is 1.04 bits per heavy atom. The molecule has 1 fully saturated rings. The lowest BCUT2D eigenvalue weighted by Gasteiger charge is -2.39. The molecule has 0 radical (unpaired) electrons. The van der Waals surface area contributed by atoms with Crippen molar-refractivity contribution in [3.8, 4) is 0 Å². The van der Waals surface area contributed by atoms with Crippen LogP contribution in [0.4, 0.5) is 0 Å². The number of rotatable bonds is 35. The Labute approximate surface area is 322 Å². The van der Waals surface area contributed by atoms with Crippen molar-refractivity contribution >= 4 is 11.9 Å². The predicted octanol–water partition coefficient (Wildman–Crippen LogP) is 8.55. The zero-order chi connectivity index (χ0) is 38.8. The van der Waals surface area contributed by atoms with E-state index < -0.39 is 55.4 Å². The molecule has 1 saturated heterocycles. The van der Waals surface area contributed by atoms with Crippen molar-refractivity contribution in [1.29, 1.82) is 0 Å². The van der Waals surface area contributed by atoms with Gasteiger partial charge in [-0.05, 0) is 51.4 Å². The van der Waals surface area contributed by atoms with Gasteiger partial charge in [0.1, 0.15) is 31.0 Å². The van der Waals surface area contributed by atoms with E-state index in [4.69, 9.17) is 18.9 Å². The van der Waals surface area contributed by atoms with E-state index in [1.807, 2.05) is 6.08 Å². The highest BCUT2D eigenvalue weighted by Gasteiger charge is 2.44. The first kappa shape index (κ1) is 49.2. The molecule has 0 aromatic rings. The highest BCUT2D eigenvalue weighted by Crippen LogP contribution is 2.22. The smallest absolute Gasteiger partial charge is 0.306 e. The molecule has 0 saturated carbocycles. The van der Waals surface area contributed by atoms with Crippen LogP contribution < -0.4 is 0 Å². The van der Waals surface area contributed by atoms with Crippen molar-refractivity contribution < 1.29 is 49.0 Å². The fourth-order valence-electron chi connectivity index (χ4n) is 6.38. The number of ether oxygens (including phenoxy) is 4. The van der Waals surface area contributed by atoms with Gasteiger partial charge in [0.05, 0.1) is 13.2 Å². The van der Waals surface area contributed by atoms with Gasteiger partial charge in [-0.2, -0.15) is 0 Å². The second-order valence-corrected chi connectivity index (χ2v) is 14.8. The lowest BCUT2D eigenvalue weighted by atomic mass is 9.99. The fourth-order valence-corrected chi connectivity index (χ4v) is 6.38. The third-order valence-corrected chi connectivity index (χ3v) is 9.82. The van der Waals surface area contributed by atoms with Gasteiger partial charge in [0.2, 0.25) is 0 Å². The standard InChI is InChI=1S/C43H78O10/c1-3-5-7-9-11-13-15-17-18-20-22-24-26-28-30-32-39(46)52-36(35-51-43-42(49)41(48)40(47)37(33-44)53-43)34-50-38(45)31-29-27-25-23-21-19-16-14-12-10-8-6-4-2/h14,16,26,28,36-37,40-44,47-49H,3-13,15,17-25,27,29-35H2,1-2H3/b16-14+,28-26+/t36-,37-,40+,41?,42?,43-/m1/s1. The fraction of sp³-hybridized carbons (Fsp3) is 0.860. The third kappa shape index (κ3) is 26.6. The van der Waals surface area contributed by atoms with Gasteiger partial charge in [-0.25, -0.2) is 0 Å². The average Bonchev–Trinajstić information content (AvgIpc) is 3.15. The molecule has 0 amide bonds. The predicted molar refractivity (Wildman–Crippen MR) is 210 cm³/mol. The highest BCUT2D eigenvalue weighted by molar-refractivity contribution is 5.70. The number of hydrogen-bond acceptors (Lipinski definition) is 10. The van der Waals surface area contributed by atoms with E-state index in [-0.39, 0.29) is 26.1 Å². The van der Waals surface area contributed by atoms with Crippen LogP contribution in [0.15, 0.2) is 24.3 Å². The Hall–Kier alpha value is -1.82. The molecular formula is C43H78O10. The molecule has 1 heterocycles. The van der Waals surface area contributed by atoms with Crippen LogP contribution in [0.3, 0.4) is 0 Å². The van der Waals surface area contributed by atoms with Crippen LogP contribution in [0.2, 0.25) is 0 Å². The maximum atomic E-state index is 12.7. The van der Waals surface area contributed by atoms with Crippen LogP contribution >= 0.6 is 0 Å². The normalized spacial score (nSPS) is 21.1. The lowest BCUT2D eigenvalue weighted by Crippen LogP contribution is -2.59. The number of unbranched alkanes of at least 4 members (excludes halogenated alkanes) is 20.